The second kappa shape index (κ2) is 14.2. The van der Waals surface area contributed by atoms with Gasteiger partial charge in [-0.25, -0.2) is 0 Å². The van der Waals surface area contributed by atoms with E-state index in [4.69, 9.17) is 9.47 Å². The van der Waals surface area contributed by atoms with Gasteiger partial charge in [0.1, 0.15) is 0 Å². The summed E-state index contributed by atoms with van der Waals surface area (Å²) in [6.07, 6.45) is 3.32. The lowest BCUT2D eigenvalue weighted by atomic mass is 10.0. The average molecular weight is 371 g/mol. The van der Waals surface area contributed by atoms with Crippen molar-refractivity contribution in [1.29, 1.82) is 0 Å². The van der Waals surface area contributed by atoms with Crippen LogP contribution in [0, 0.1) is 11.8 Å². The van der Waals surface area contributed by atoms with Crippen LogP contribution in [0.4, 0.5) is 0 Å². The maximum absolute atomic E-state index is 5.75. The molecule has 1 aliphatic heterocycles. The number of aliphatic imine (C=N–C) groups is 1. The Hall–Kier alpha value is -0.850. The number of hydrogen-bond donors (Lipinski definition) is 2. The monoisotopic (exact) mass is 370 g/mol. The van der Waals surface area contributed by atoms with Crippen LogP contribution in [0.3, 0.4) is 0 Å². The van der Waals surface area contributed by atoms with Gasteiger partial charge in [0.25, 0.3) is 0 Å². The molecule has 154 valence electrons. The van der Waals surface area contributed by atoms with Crippen LogP contribution in [-0.2, 0) is 9.47 Å². The molecular formula is C20H42N4O2. The first-order valence-electron chi connectivity index (χ1n) is 10.4. The van der Waals surface area contributed by atoms with E-state index in [0.717, 1.165) is 71.4 Å². The fourth-order valence-electron chi connectivity index (χ4n) is 3.43. The van der Waals surface area contributed by atoms with Gasteiger partial charge in [0.15, 0.2) is 5.96 Å². The highest BCUT2D eigenvalue weighted by Crippen LogP contribution is 2.12. The van der Waals surface area contributed by atoms with Crippen molar-refractivity contribution >= 4 is 5.96 Å². The van der Waals surface area contributed by atoms with Gasteiger partial charge in [0, 0.05) is 45.3 Å². The molecule has 1 rings (SSSR count). The van der Waals surface area contributed by atoms with Crippen molar-refractivity contribution in [2.45, 2.75) is 53.0 Å². The van der Waals surface area contributed by atoms with Gasteiger partial charge >= 0.3 is 0 Å². The molecule has 6 nitrogen and oxygen atoms in total. The second-order valence-corrected chi connectivity index (χ2v) is 7.54. The van der Waals surface area contributed by atoms with E-state index < -0.39 is 0 Å². The van der Waals surface area contributed by atoms with E-state index in [1.807, 2.05) is 7.05 Å². The smallest absolute Gasteiger partial charge is 0.191 e. The van der Waals surface area contributed by atoms with Gasteiger partial charge in [-0.2, -0.15) is 0 Å². The van der Waals surface area contributed by atoms with E-state index >= 15 is 0 Å². The van der Waals surface area contributed by atoms with E-state index in [-0.39, 0.29) is 0 Å². The first kappa shape index (κ1) is 23.2. The molecule has 0 aromatic heterocycles. The molecule has 0 spiro atoms. The Morgan fingerprint density at radius 1 is 1.27 bits per heavy atom. The summed E-state index contributed by atoms with van der Waals surface area (Å²) < 4.78 is 11.1. The fraction of sp³-hybridized carbons (Fsp3) is 0.950. The van der Waals surface area contributed by atoms with E-state index in [9.17, 15) is 0 Å². The van der Waals surface area contributed by atoms with Crippen LogP contribution in [0.25, 0.3) is 0 Å². The summed E-state index contributed by atoms with van der Waals surface area (Å²) in [5, 5.41) is 6.90. The highest BCUT2D eigenvalue weighted by molar-refractivity contribution is 5.79. The SMILES string of the molecule is CCN(CC)C(CNC(=NC)NCCCOCC1CCOC1)CC(C)C. The summed E-state index contributed by atoms with van der Waals surface area (Å²) in [6, 6.07) is 0.542. The van der Waals surface area contributed by atoms with Gasteiger partial charge in [-0.05, 0) is 38.3 Å². The quantitative estimate of drug-likeness (QED) is 0.296. The van der Waals surface area contributed by atoms with Crippen molar-refractivity contribution in [3.05, 3.63) is 0 Å². The van der Waals surface area contributed by atoms with Gasteiger partial charge in [-0.15, -0.1) is 0 Å². The Balaban J connectivity index is 2.20. The van der Waals surface area contributed by atoms with Crippen molar-refractivity contribution in [3.63, 3.8) is 0 Å². The predicted octanol–water partition coefficient (Wildman–Crippen LogP) is 2.35. The van der Waals surface area contributed by atoms with Crippen molar-refractivity contribution in [2.75, 3.05) is 59.7 Å². The Labute approximate surface area is 161 Å². The molecular weight excluding hydrogens is 328 g/mol. The summed E-state index contributed by atoms with van der Waals surface area (Å²) in [4.78, 5) is 6.88. The molecule has 0 amide bonds. The number of guanidine groups is 1. The molecule has 0 aromatic rings. The topological polar surface area (TPSA) is 58.1 Å². The van der Waals surface area contributed by atoms with Crippen LogP contribution in [0.15, 0.2) is 4.99 Å². The van der Waals surface area contributed by atoms with Crippen LogP contribution in [-0.4, -0.2) is 76.6 Å². The fourth-order valence-corrected chi connectivity index (χ4v) is 3.43. The molecule has 1 fully saturated rings. The molecule has 2 N–H and O–H groups in total. The lowest BCUT2D eigenvalue weighted by molar-refractivity contribution is 0.0888. The third kappa shape index (κ3) is 9.74. The van der Waals surface area contributed by atoms with Crippen molar-refractivity contribution in [3.8, 4) is 0 Å². The second-order valence-electron chi connectivity index (χ2n) is 7.54. The minimum absolute atomic E-state index is 0.542. The minimum Gasteiger partial charge on any atom is -0.381 e. The zero-order valence-electron chi connectivity index (χ0n) is 17.7. The van der Waals surface area contributed by atoms with Gasteiger partial charge in [-0.3, -0.25) is 9.89 Å². The van der Waals surface area contributed by atoms with Crippen LogP contribution in [0.5, 0.6) is 0 Å². The standard InChI is InChI=1S/C20H42N4O2/c1-6-24(7-2)19(13-17(3)4)14-23-20(21-5)22-10-8-11-25-15-18-9-12-26-16-18/h17-19H,6-16H2,1-5H3,(H2,21,22,23). The molecule has 0 bridgehead atoms. The zero-order valence-corrected chi connectivity index (χ0v) is 17.7. The molecule has 0 aliphatic carbocycles. The van der Waals surface area contributed by atoms with E-state index in [2.05, 4.69) is 48.2 Å². The summed E-state index contributed by atoms with van der Waals surface area (Å²) >= 11 is 0. The summed E-state index contributed by atoms with van der Waals surface area (Å²) in [5.74, 6) is 2.17. The van der Waals surface area contributed by atoms with Gasteiger partial charge in [-0.1, -0.05) is 27.7 Å². The van der Waals surface area contributed by atoms with Gasteiger partial charge in [0.2, 0.25) is 0 Å². The Bertz CT molecular complexity index is 367. The van der Waals surface area contributed by atoms with Crippen LogP contribution >= 0.6 is 0 Å². The van der Waals surface area contributed by atoms with Crippen molar-refractivity contribution in [2.24, 2.45) is 16.8 Å². The third-order valence-electron chi connectivity index (χ3n) is 4.94. The van der Waals surface area contributed by atoms with Crippen LogP contribution in [0.1, 0.15) is 47.0 Å². The number of nitrogens with zero attached hydrogens (tertiary/aromatic N) is 2. The molecule has 1 heterocycles. The number of rotatable bonds is 13. The van der Waals surface area contributed by atoms with E-state index in [0.29, 0.717) is 17.9 Å². The Kier molecular flexibility index (Phi) is 12.7. The number of nitrogens with one attached hydrogen (secondary N) is 2. The lowest BCUT2D eigenvalue weighted by Gasteiger charge is -2.31. The largest absolute Gasteiger partial charge is 0.381 e. The summed E-state index contributed by atoms with van der Waals surface area (Å²) in [6.45, 7) is 16.4. The maximum atomic E-state index is 5.75. The average Bonchev–Trinajstić information content (AvgIpc) is 3.14. The molecule has 0 aromatic carbocycles. The number of hydrogen-bond acceptors (Lipinski definition) is 4. The molecule has 1 saturated heterocycles. The van der Waals surface area contributed by atoms with Crippen molar-refractivity contribution < 1.29 is 9.47 Å². The van der Waals surface area contributed by atoms with Gasteiger partial charge < -0.3 is 20.1 Å². The third-order valence-corrected chi connectivity index (χ3v) is 4.94. The lowest BCUT2D eigenvalue weighted by Crippen LogP contribution is -2.47. The first-order chi connectivity index (χ1) is 12.6. The first-order valence-corrected chi connectivity index (χ1v) is 10.4. The zero-order chi connectivity index (χ0) is 19.2. The summed E-state index contributed by atoms with van der Waals surface area (Å²) in [7, 11) is 1.83. The number of likely N-dealkylation sites (N-methyl/N-ethyl adjacent to an activating group) is 1. The molecule has 0 radical (unpaired) electrons. The maximum Gasteiger partial charge on any atom is 0.191 e. The van der Waals surface area contributed by atoms with Crippen molar-refractivity contribution in [1.82, 2.24) is 15.5 Å². The highest BCUT2D eigenvalue weighted by atomic mass is 16.5. The predicted molar refractivity (Wildman–Crippen MR) is 110 cm³/mol. The Morgan fingerprint density at radius 2 is 2.04 bits per heavy atom. The van der Waals surface area contributed by atoms with E-state index in [1.54, 1.807) is 0 Å². The molecule has 2 atom stereocenters. The minimum atomic E-state index is 0.542. The normalized spacial score (nSPS) is 19.3. The molecule has 2 unspecified atom stereocenters. The Morgan fingerprint density at radius 3 is 2.62 bits per heavy atom. The molecule has 0 saturated carbocycles. The molecule has 6 heteroatoms. The highest BCUT2D eigenvalue weighted by Gasteiger charge is 2.17. The van der Waals surface area contributed by atoms with E-state index in [1.165, 1.54) is 6.42 Å². The van der Waals surface area contributed by atoms with Gasteiger partial charge in [0.05, 0.1) is 13.2 Å². The molecule has 26 heavy (non-hydrogen) atoms. The number of ether oxygens (including phenoxy) is 2. The van der Waals surface area contributed by atoms with Crippen LogP contribution in [0.2, 0.25) is 0 Å². The van der Waals surface area contributed by atoms with Crippen LogP contribution < -0.4 is 10.6 Å². The molecule has 1 aliphatic rings. The summed E-state index contributed by atoms with van der Waals surface area (Å²) in [5.41, 5.74) is 0.